The number of carbonyl (C=O) groups is 3. The standard InChI is InChI=1S/C37H46N6O7S2/c1-21(2)28-20-51-34(39-28)27-17-31(26-13-14-30(49-5)22(3)32(26)38-27)50-24-16-29-33(44)40-37(35(45)41-52(47,48)25-11-12-25)18-23(37)10-8-6-7-9-15-42(4)36(46)43(29)19-24/h8,10,13-14,17,20-21,23-25,29H,6-7,9,11-12,15-16,18-19H2,1-5H3,(H,40,44)(H,41,45)/b10-8-/t23?,24-,29+,37-/m1/s1. The van der Waals surface area contributed by atoms with Gasteiger partial charge in [0.2, 0.25) is 15.9 Å². The number of ether oxygens (including phenoxy) is 2. The van der Waals surface area contributed by atoms with Gasteiger partial charge in [-0.25, -0.2) is 23.2 Å². The van der Waals surface area contributed by atoms with E-state index >= 15 is 0 Å². The number of benzene rings is 1. The molecule has 4 atom stereocenters. The zero-order valence-corrected chi connectivity index (χ0v) is 31.8. The first-order valence-electron chi connectivity index (χ1n) is 18.0. The molecule has 4 aliphatic rings. The molecule has 2 N–H and O–H groups in total. The predicted molar refractivity (Wildman–Crippen MR) is 198 cm³/mol. The average Bonchev–Trinajstić information content (AvgIpc) is 3.98. The van der Waals surface area contributed by atoms with Crippen LogP contribution in [-0.2, 0) is 19.6 Å². The minimum absolute atomic E-state index is 0.128. The number of amides is 4. The molecular weight excluding hydrogens is 705 g/mol. The molecule has 0 radical (unpaired) electrons. The molecule has 3 aromatic rings. The summed E-state index contributed by atoms with van der Waals surface area (Å²) in [7, 11) is -0.502. The number of fused-ring (bicyclic) bond motifs is 3. The van der Waals surface area contributed by atoms with Crippen molar-refractivity contribution < 1.29 is 32.3 Å². The molecule has 13 nitrogen and oxygen atoms in total. The summed E-state index contributed by atoms with van der Waals surface area (Å²) in [6, 6.07) is 4.35. The minimum atomic E-state index is -3.84. The maximum Gasteiger partial charge on any atom is 0.320 e. The van der Waals surface area contributed by atoms with E-state index in [9.17, 15) is 22.8 Å². The quantitative estimate of drug-likeness (QED) is 0.306. The Morgan fingerprint density at radius 2 is 1.94 bits per heavy atom. The molecule has 4 amide bonds. The number of urea groups is 1. The second-order valence-electron chi connectivity index (χ2n) is 14.7. The van der Waals surface area contributed by atoms with Gasteiger partial charge in [0.1, 0.15) is 39.9 Å². The molecule has 4 heterocycles. The number of nitrogens with zero attached hydrogens (tertiary/aromatic N) is 4. The fraction of sp³-hybridized carbons (Fsp3) is 0.541. The van der Waals surface area contributed by atoms with E-state index in [1.54, 1.807) is 19.1 Å². The molecule has 2 aromatic heterocycles. The number of pyridine rings is 1. The van der Waals surface area contributed by atoms with Crippen molar-refractivity contribution in [2.24, 2.45) is 5.92 Å². The summed E-state index contributed by atoms with van der Waals surface area (Å²) < 4.78 is 40.1. The Labute approximate surface area is 308 Å². The van der Waals surface area contributed by atoms with Gasteiger partial charge in [0.05, 0.1) is 30.1 Å². The minimum Gasteiger partial charge on any atom is -0.496 e. The van der Waals surface area contributed by atoms with Crippen LogP contribution < -0.4 is 19.5 Å². The van der Waals surface area contributed by atoms with E-state index < -0.39 is 44.8 Å². The van der Waals surface area contributed by atoms with Gasteiger partial charge in [0.15, 0.2) is 0 Å². The number of allylic oxidation sites excluding steroid dienone is 1. The van der Waals surface area contributed by atoms with E-state index in [1.807, 2.05) is 42.7 Å². The van der Waals surface area contributed by atoms with Gasteiger partial charge < -0.3 is 24.6 Å². The number of sulfonamides is 1. The van der Waals surface area contributed by atoms with Crippen molar-refractivity contribution in [2.75, 3.05) is 27.2 Å². The lowest BCUT2D eigenvalue weighted by molar-refractivity contribution is -0.131. The summed E-state index contributed by atoms with van der Waals surface area (Å²) in [4.78, 5) is 54.8. The number of rotatable bonds is 8. The molecule has 0 spiro atoms. The van der Waals surface area contributed by atoms with E-state index in [1.165, 1.54) is 16.2 Å². The number of carbonyl (C=O) groups excluding carboxylic acids is 3. The van der Waals surface area contributed by atoms with Crippen molar-refractivity contribution in [1.29, 1.82) is 0 Å². The highest BCUT2D eigenvalue weighted by Crippen LogP contribution is 2.46. The van der Waals surface area contributed by atoms with Crippen molar-refractivity contribution in [1.82, 2.24) is 29.8 Å². The summed E-state index contributed by atoms with van der Waals surface area (Å²) >= 11 is 1.51. The first-order chi connectivity index (χ1) is 24.8. The molecule has 2 aliphatic carbocycles. The summed E-state index contributed by atoms with van der Waals surface area (Å²) in [5, 5.41) is 5.86. The number of hydrogen-bond acceptors (Lipinski definition) is 10. The van der Waals surface area contributed by atoms with Crippen molar-refractivity contribution in [3.05, 3.63) is 47.0 Å². The lowest BCUT2D eigenvalue weighted by atomic mass is 10.1. The normalized spacial score (nSPS) is 26.0. The third-order valence-electron chi connectivity index (χ3n) is 10.6. The maximum atomic E-state index is 14.2. The fourth-order valence-electron chi connectivity index (χ4n) is 7.15. The largest absolute Gasteiger partial charge is 0.496 e. The Balaban J connectivity index is 1.21. The number of thiazole rings is 1. The van der Waals surface area contributed by atoms with Crippen molar-refractivity contribution >= 4 is 50.1 Å². The van der Waals surface area contributed by atoms with Gasteiger partial charge in [-0.3, -0.25) is 14.3 Å². The van der Waals surface area contributed by atoms with Crippen LogP contribution in [0.5, 0.6) is 11.5 Å². The summed E-state index contributed by atoms with van der Waals surface area (Å²) in [6.07, 6.45) is 7.06. The monoisotopic (exact) mass is 750 g/mol. The molecular formula is C37H46N6O7S2. The molecule has 52 heavy (non-hydrogen) atoms. The highest BCUT2D eigenvalue weighted by atomic mass is 32.2. The predicted octanol–water partition coefficient (Wildman–Crippen LogP) is 4.90. The van der Waals surface area contributed by atoms with Crippen LogP contribution in [0.4, 0.5) is 4.79 Å². The van der Waals surface area contributed by atoms with Crippen LogP contribution >= 0.6 is 11.3 Å². The molecule has 278 valence electrons. The molecule has 2 saturated carbocycles. The molecule has 2 aliphatic heterocycles. The SMILES string of the molecule is COc1ccc2c(O[C@@H]3C[C@H]4C(=O)N[C@]5(C(=O)NS(=O)(=O)C6CC6)CC5/C=C\CCCCN(C)C(=O)N4C3)cc(-c3nc(C(C)C)cs3)nc2c1C. The highest BCUT2D eigenvalue weighted by Gasteiger charge is 2.62. The molecule has 1 saturated heterocycles. The van der Waals surface area contributed by atoms with Gasteiger partial charge in [-0.1, -0.05) is 26.0 Å². The third kappa shape index (κ3) is 6.96. The Bertz CT molecular complexity index is 2040. The van der Waals surface area contributed by atoms with Crippen LogP contribution in [-0.4, -0.2) is 96.2 Å². The van der Waals surface area contributed by atoms with Gasteiger partial charge in [0.25, 0.3) is 5.91 Å². The highest BCUT2D eigenvalue weighted by molar-refractivity contribution is 7.91. The van der Waals surface area contributed by atoms with Gasteiger partial charge in [-0.15, -0.1) is 11.3 Å². The van der Waals surface area contributed by atoms with Crippen LogP contribution in [0.3, 0.4) is 0 Å². The van der Waals surface area contributed by atoms with E-state index in [0.29, 0.717) is 42.1 Å². The molecule has 1 aromatic carbocycles. The van der Waals surface area contributed by atoms with E-state index in [2.05, 4.69) is 23.9 Å². The van der Waals surface area contributed by atoms with Crippen molar-refractivity contribution in [2.45, 2.75) is 94.6 Å². The van der Waals surface area contributed by atoms with E-state index in [4.69, 9.17) is 19.4 Å². The number of nitrogens with one attached hydrogen (secondary N) is 2. The van der Waals surface area contributed by atoms with Crippen molar-refractivity contribution in [3.8, 4) is 22.2 Å². The Hall–Kier alpha value is -4.24. The number of methoxy groups -OCH3 is 1. The number of hydrogen-bond donors (Lipinski definition) is 2. The topological polar surface area (TPSA) is 160 Å². The lowest BCUT2D eigenvalue weighted by Gasteiger charge is -2.30. The van der Waals surface area contributed by atoms with Crippen molar-refractivity contribution in [3.63, 3.8) is 0 Å². The van der Waals surface area contributed by atoms with Crippen LogP contribution in [0.2, 0.25) is 0 Å². The second-order valence-corrected chi connectivity index (χ2v) is 17.6. The van der Waals surface area contributed by atoms with Gasteiger partial charge in [-0.05, 0) is 63.5 Å². The average molecular weight is 751 g/mol. The number of aryl methyl sites for hydroxylation is 1. The molecule has 3 fully saturated rings. The Morgan fingerprint density at radius 3 is 2.65 bits per heavy atom. The second kappa shape index (κ2) is 14.0. The summed E-state index contributed by atoms with van der Waals surface area (Å²) in [5.74, 6) is -0.150. The zero-order chi connectivity index (χ0) is 36.9. The van der Waals surface area contributed by atoms with Crippen LogP contribution in [0.15, 0.2) is 35.7 Å². The third-order valence-corrected chi connectivity index (χ3v) is 13.3. The first-order valence-corrected chi connectivity index (χ1v) is 20.4. The fourth-order valence-corrected chi connectivity index (χ4v) is 9.46. The Morgan fingerprint density at radius 1 is 1.15 bits per heavy atom. The number of aromatic nitrogens is 2. The van der Waals surface area contributed by atoms with Crippen LogP contribution in [0, 0.1) is 12.8 Å². The molecule has 15 heteroatoms. The smallest absolute Gasteiger partial charge is 0.320 e. The molecule has 1 unspecified atom stereocenters. The maximum absolute atomic E-state index is 14.2. The zero-order valence-electron chi connectivity index (χ0n) is 30.2. The molecule has 7 rings (SSSR count). The van der Waals surface area contributed by atoms with Crippen LogP contribution in [0.25, 0.3) is 21.6 Å². The lowest BCUT2D eigenvalue weighted by Crippen LogP contribution is -2.57. The summed E-state index contributed by atoms with van der Waals surface area (Å²) in [5.41, 5.74) is 1.72. The Kier molecular flexibility index (Phi) is 9.70. The van der Waals surface area contributed by atoms with Crippen LogP contribution in [0.1, 0.15) is 76.0 Å². The summed E-state index contributed by atoms with van der Waals surface area (Å²) in [6.45, 7) is 6.76. The van der Waals surface area contributed by atoms with Gasteiger partial charge >= 0.3 is 6.03 Å². The van der Waals surface area contributed by atoms with Gasteiger partial charge in [-0.2, -0.15) is 0 Å². The first kappa shape index (κ1) is 36.1. The van der Waals surface area contributed by atoms with E-state index in [-0.39, 0.29) is 37.3 Å². The van der Waals surface area contributed by atoms with Gasteiger partial charge in [0, 0.05) is 48.3 Å². The van der Waals surface area contributed by atoms with E-state index in [0.717, 1.165) is 40.9 Å². The molecule has 0 bridgehead atoms.